The fourth-order valence-electron chi connectivity index (χ4n) is 3.56. The molecule has 4 rings (SSSR count). The molecule has 1 fully saturated rings. The Kier molecular flexibility index (Phi) is 5.06. The van der Waals surface area contributed by atoms with Crippen molar-refractivity contribution >= 4 is 22.7 Å². The molecule has 0 spiro atoms. The smallest absolute Gasteiger partial charge is 0.252 e. The summed E-state index contributed by atoms with van der Waals surface area (Å²) in [6.07, 6.45) is 2.07. The minimum Gasteiger partial charge on any atom is -0.343 e. The van der Waals surface area contributed by atoms with Gasteiger partial charge in [-0.05, 0) is 31.9 Å². The normalized spacial score (nSPS) is 13.7. The minimum absolute atomic E-state index is 0.0232. The maximum atomic E-state index is 12.9. The van der Waals surface area contributed by atoms with Crippen LogP contribution in [0, 0.1) is 6.92 Å². The molecule has 0 aliphatic carbocycles. The highest BCUT2D eigenvalue weighted by Gasteiger charge is 2.19. The number of amides is 2. The number of nitrogens with one attached hydrogen (secondary N) is 1. The molecule has 2 amide bonds. The lowest BCUT2D eigenvalue weighted by Crippen LogP contribution is -2.38. The van der Waals surface area contributed by atoms with E-state index < -0.39 is 0 Å². The molecule has 0 atom stereocenters. The molecule has 0 unspecified atom stereocenters. The summed E-state index contributed by atoms with van der Waals surface area (Å²) in [5, 5.41) is 3.58. The number of likely N-dealkylation sites (tertiary alicyclic amines) is 1. The van der Waals surface area contributed by atoms with Gasteiger partial charge in [-0.2, -0.15) is 0 Å². The van der Waals surface area contributed by atoms with Gasteiger partial charge in [0.25, 0.3) is 5.91 Å². The van der Waals surface area contributed by atoms with Crippen LogP contribution in [0.2, 0.25) is 0 Å². The molecule has 0 bridgehead atoms. The van der Waals surface area contributed by atoms with Gasteiger partial charge in [0.05, 0.1) is 23.3 Å². The fraction of sp³-hybridized carbons (Fsp3) is 0.261. The third kappa shape index (κ3) is 3.74. The van der Waals surface area contributed by atoms with E-state index in [1.54, 1.807) is 0 Å². The van der Waals surface area contributed by atoms with Crippen LogP contribution in [-0.2, 0) is 4.79 Å². The number of fused-ring (bicyclic) bond motifs is 1. The maximum Gasteiger partial charge on any atom is 0.252 e. The van der Waals surface area contributed by atoms with Gasteiger partial charge >= 0.3 is 0 Å². The Hall–Kier alpha value is -3.21. The lowest BCUT2D eigenvalue weighted by atomic mass is 10.0. The first kappa shape index (κ1) is 18.2. The summed E-state index contributed by atoms with van der Waals surface area (Å²) in [5.41, 5.74) is 4.17. The number of rotatable bonds is 4. The van der Waals surface area contributed by atoms with E-state index in [1.807, 2.05) is 66.4 Å². The summed E-state index contributed by atoms with van der Waals surface area (Å²) in [5.74, 6) is -0.275. The van der Waals surface area contributed by atoms with Crippen molar-refractivity contribution in [2.24, 2.45) is 0 Å². The number of para-hydroxylation sites is 1. The second-order valence-corrected chi connectivity index (χ2v) is 7.21. The largest absolute Gasteiger partial charge is 0.343 e. The number of benzene rings is 2. The predicted molar refractivity (Wildman–Crippen MR) is 110 cm³/mol. The molecule has 5 nitrogen and oxygen atoms in total. The molecule has 1 aromatic heterocycles. The third-order valence-corrected chi connectivity index (χ3v) is 5.17. The highest BCUT2D eigenvalue weighted by atomic mass is 16.2. The Labute approximate surface area is 164 Å². The molecule has 5 heteroatoms. The molecule has 1 saturated heterocycles. The Morgan fingerprint density at radius 2 is 1.75 bits per heavy atom. The van der Waals surface area contributed by atoms with Crippen molar-refractivity contribution in [1.29, 1.82) is 0 Å². The van der Waals surface area contributed by atoms with Crippen LogP contribution in [0.1, 0.15) is 28.8 Å². The first-order valence-corrected chi connectivity index (χ1v) is 9.64. The van der Waals surface area contributed by atoms with Crippen LogP contribution in [0.25, 0.3) is 22.2 Å². The molecule has 2 heterocycles. The second-order valence-electron chi connectivity index (χ2n) is 7.21. The van der Waals surface area contributed by atoms with Crippen LogP contribution in [0.3, 0.4) is 0 Å². The summed E-state index contributed by atoms with van der Waals surface area (Å²) < 4.78 is 0. The van der Waals surface area contributed by atoms with Crippen LogP contribution in [0.15, 0.2) is 54.6 Å². The fourth-order valence-corrected chi connectivity index (χ4v) is 3.56. The topological polar surface area (TPSA) is 62.3 Å². The van der Waals surface area contributed by atoms with Crippen molar-refractivity contribution < 1.29 is 9.59 Å². The van der Waals surface area contributed by atoms with Crippen LogP contribution < -0.4 is 5.32 Å². The lowest BCUT2D eigenvalue weighted by Gasteiger charge is -2.16. The van der Waals surface area contributed by atoms with Gasteiger partial charge in [-0.25, -0.2) is 4.98 Å². The molecule has 2 aromatic carbocycles. The average Bonchev–Trinajstić information content (AvgIpc) is 3.26. The van der Waals surface area contributed by atoms with Gasteiger partial charge < -0.3 is 10.2 Å². The van der Waals surface area contributed by atoms with E-state index in [0.29, 0.717) is 5.56 Å². The van der Waals surface area contributed by atoms with Crippen molar-refractivity contribution in [3.05, 3.63) is 65.7 Å². The molecule has 1 aliphatic rings. The quantitative estimate of drug-likeness (QED) is 0.761. The zero-order valence-corrected chi connectivity index (χ0v) is 15.9. The number of hydrogen-bond donors (Lipinski definition) is 1. The first-order chi connectivity index (χ1) is 13.6. The highest BCUT2D eigenvalue weighted by Crippen LogP contribution is 2.25. The van der Waals surface area contributed by atoms with Crippen molar-refractivity contribution in [3.8, 4) is 11.3 Å². The molecule has 3 aromatic rings. The van der Waals surface area contributed by atoms with E-state index in [2.05, 4.69) is 5.32 Å². The van der Waals surface area contributed by atoms with Gasteiger partial charge in [-0.3, -0.25) is 9.59 Å². The molecular weight excluding hydrogens is 350 g/mol. The molecule has 1 N–H and O–H groups in total. The zero-order valence-electron chi connectivity index (χ0n) is 15.9. The van der Waals surface area contributed by atoms with Gasteiger partial charge in [0, 0.05) is 24.0 Å². The molecule has 142 valence electrons. The van der Waals surface area contributed by atoms with Crippen LogP contribution in [0.4, 0.5) is 0 Å². The van der Waals surface area contributed by atoms with Crippen molar-refractivity contribution in [2.75, 3.05) is 19.6 Å². The number of carbonyl (C=O) groups excluding carboxylic acids is 2. The van der Waals surface area contributed by atoms with E-state index in [0.717, 1.165) is 48.1 Å². The summed E-state index contributed by atoms with van der Waals surface area (Å²) >= 11 is 0. The molecule has 0 radical (unpaired) electrons. The summed E-state index contributed by atoms with van der Waals surface area (Å²) in [7, 11) is 0. The number of aryl methyl sites for hydroxylation is 1. The Balaban J connectivity index is 1.63. The SMILES string of the molecule is Cc1ccc(-c2cc(C(=O)NCC(=O)N3CCCC3)c3ccccc3n2)cc1. The maximum absolute atomic E-state index is 12.9. The van der Waals surface area contributed by atoms with Gasteiger partial charge in [0.2, 0.25) is 5.91 Å². The van der Waals surface area contributed by atoms with Gasteiger partial charge in [0.15, 0.2) is 0 Å². The average molecular weight is 373 g/mol. The number of hydrogen-bond acceptors (Lipinski definition) is 3. The van der Waals surface area contributed by atoms with Crippen LogP contribution >= 0.6 is 0 Å². The molecular formula is C23H23N3O2. The van der Waals surface area contributed by atoms with Crippen molar-refractivity contribution in [2.45, 2.75) is 19.8 Å². The van der Waals surface area contributed by atoms with E-state index >= 15 is 0 Å². The molecule has 1 aliphatic heterocycles. The predicted octanol–water partition coefficient (Wildman–Crippen LogP) is 3.56. The second kappa shape index (κ2) is 7.80. The Bertz CT molecular complexity index is 1020. The molecule has 0 saturated carbocycles. The van der Waals surface area contributed by atoms with Crippen LogP contribution in [-0.4, -0.2) is 41.3 Å². The third-order valence-electron chi connectivity index (χ3n) is 5.17. The number of carbonyl (C=O) groups is 2. The van der Waals surface area contributed by atoms with Crippen molar-refractivity contribution in [1.82, 2.24) is 15.2 Å². The van der Waals surface area contributed by atoms with Gasteiger partial charge in [0.1, 0.15) is 0 Å². The Morgan fingerprint density at radius 1 is 1.04 bits per heavy atom. The number of nitrogens with zero attached hydrogens (tertiary/aromatic N) is 2. The monoisotopic (exact) mass is 373 g/mol. The van der Waals surface area contributed by atoms with E-state index in [1.165, 1.54) is 5.56 Å². The minimum atomic E-state index is -0.250. The highest BCUT2D eigenvalue weighted by molar-refractivity contribution is 6.08. The number of pyridine rings is 1. The number of aromatic nitrogens is 1. The summed E-state index contributed by atoms with van der Waals surface area (Å²) in [6.45, 7) is 3.62. The zero-order chi connectivity index (χ0) is 19.5. The van der Waals surface area contributed by atoms with Crippen LogP contribution in [0.5, 0.6) is 0 Å². The molecule has 28 heavy (non-hydrogen) atoms. The van der Waals surface area contributed by atoms with Crippen molar-refractivity contribution in [3.63, 3.8) is 0 Å². The van der Waals surface area contributed by atoms with Gasteiger partial charge in [-0.15, -0.1) is 0 Å². The van der Waals surface area contributed by atoms with E-state index in [9.17, 15) is 9.59 Å². The summed E-state index contributed by atoms with van der Waals surface area (Å²) in [4.78, 5) is 31.7. The summed E-state index contributed by atoms with van der Waals surface area (Å²) in [6, 6.07) is 17.5. The Morgan fingerprint density at radius 3 is 2.50 bits per heavy atom. The van der Waals surface area contributed by atoms with E-state index in [4.69, 9.17) is 4.98 Å². The standard InChI is InChI=1S/C23H23N3O2/c1-16-8-10-17(11-9-16)21-14-19(18-6-2-3-7-20(18)25-21)23(28)24-15-22(27)26-12-4-5-13-26/h2-3,6-11,14H,4-5,12-13,15H2,1H3,(H,24,28). The van der Waals surface area contributed by atoms with Gasteiger partial charge in [-0.1, -0.05) is 48.0 Å². The first-order valence-electron chi connectivity index (χ1n) is 9.64. The van der Waals surface area contributed by atoms with E-state index in [-0.39, 0.29) is 18.4 Å². The lowest BCUT2D eigenvalue weighted by molar-refractivity contribution is -0.129.